The summed E-state index contributed by atoms with van der Waals surface area (Å²) in [7, 11) is 6.76. The Bertz CT molecular complexity index is 2020. The van der Waals surface area contributed by atoms with Crippen LogP contribution in [0.2, 0.25) is 0 Å². The van der Waals surface area contributed by atoms with Crippen LogP contribution in [-0.2, 0) is 28.4 Å². The van der Waals surface area contributed by atoms with Crippen molar-refractivity contribution >= 4 is 0 Å². The summed E-state index contributed by atoms with van der Waals surface area (Å²) in [6.45, 7) is 14.9. The number of benzene rings is 4. The molecule has 0 N–H and O–H groups in total. The van der Waals surface area contributed by atoms with E-state index in [2.05, 4.69) is 52.0 Å². The first kappa shape index (κ1) is 49.0. The van der Waals surface area contributed by atoms with Crippen molar-refractivity contribution in [1.29, 1.82) is 0 Å². The zero-order chi connectivity index (χ0) is 46.4. The van der Waals surface area contributed by atoms with Gasteiger partial charge in [-0.1, -0.05) is 27.7 Å². The molecule has 4 aromatic rings. The summed E-state index contributed by atoms with van der Waals surface area (Å²) < 4.78 is 86.6. The second-order valence-corrected chi connectivity index (χ2v) is 16.5. The lowest BCUT2D eigenvalue weighted by Gasteiger charge is -2.29. The fourth-order valence-electron chi connectivity index (χ4n) is 8.89. The van der Waals surface area contributed by atoms with E-state index < -0.39 is 0 Å². The average Bonchev–Trinajstić information content (AvgIpc) is 3.34. The van der Waals surface area contributed by atoms with Crippen molar-refractivity contribution < 1.29 is 66.3 Å². The van der Waals surface area contributed by atoms with Crippen LogP contribution in [0.5, 0.6) is 46.0 Å². The van der Waals surface area contributed by atoms with E-state index in [0.717, 1.165) is 44.5 Å². The average molecular weight is 917 g/mol. The van der Waals surface area contributed by atoms with Crippen molar-refractivity contribution in [2.24, 2.45) is 0 Å². The number of methoxy groups -OCH3 is 4. The number of rotatable bonds is 4. The van der Waals surface area contributed by atoms with Crippen LogP contribution >= 0.6 is 0 Å². The summed E-state index contributed by atoms with van der Waals surface area (Å²) in [5.74, 6) is 4.41. The molecule has 3 heterocycles. The van der Waals surface area contributed by atoms with Crippen molar-refractivity contribution in [3.63, 3.8) is 0 Å². The molecule has 0 unspecified atom stereocenters. The highest BCUT2D eigenvalue weighted by Crippen LogP contribution is 2.50. The third kappa shape index (κ3) is 11.6. The molecular weight excluding hydrogens is 849 g/mol. The molecule has 1 aliphatic carbocycles. The molecule has 4 atom stereocenters. The number of hydrogen-bond donors (Lipinski definition) is 0. The Morgan fingerprint density at radius 2 is 0.455 bits per heavy atom. The Morgan fingerprint density at radius 1 is 0.273 bits per heavy atom. The Morgan fingerprint density at radius 3 is 0.636 bits per heavy atom. The van der Waals surface area contributed by atoms with E-state index in [1.807, 2.05) is 24.3 Å². The molecule has 0 amide bonds. The minimum atomic E-state index is -0.247. The molecule has 3 aliphatic heterocycles. The van der Waals surface area contributed by atoms with Gasteiger partial charge in [0, 0.05) is 92.4 Å². The van der Waals surface area contributed by atoms with E-state index in [1.165, 1.54) is 0 Å². The molecule has 4 aliphatic rings. The molecule has 66 heavy (non-hydrogen) atoms. The summed E-state index contributed by atoms with van der Waals surface area (Å²) in [4.78, 5) is 0. The van der Waals surface area contributed by atoms with Gasteiger partial charge in [0.2, 0.25) is 0 Å². The van der Waals surface area contributed by atoms with Crippen LogP contribution in [0.25, 0.3) is 0 Å². The summed E-state index contributed by atoms with van der Waals surface area (Å²) in [6, 6.07) is 16.8. The first-order valence-electron chi connectivity index (χ1n) is 23.1. The van der Waals surface area contributed by atoms with Gasteiger partial charge in [0.25, 0.3) is 0 Å². The van der Waals surface area contributed by atoms with Crippen LogP contribution < -0.4 is 37.9 Å². The zero-order valence-corrected chi connectivity index (χ0v) is 40.0. The van der Waals surface area contributed by atoms with Crippen molar-refractivity contribution in [1.82, 2.24) is 0 Å². The van der Waals surface area contributed by atoms with E-state index in [-0.39, 0.29) is 23.7 Å². The quantitative estimate of drug-likeness (QED) is 0.182. The van der Waals surface area contributed by atoms with Gasteiger partial charge in [-0.15, -0.1) is 0 Å². The molecule has 4 aromatic carbocycles. The molecule has 14 heteroatoms. The van der Waals surface area contributed by atoms with Crippen molar-refractivity contribution in [3.05, 3.63) is 93.0 Å². The molecule has 0 aromatic heterocycles. The molecule has 8 rings (SSSR count). The van der Waals surface area contributed by atoms with Crippen LogP contribution in [0.3, 0.4) is 0 Å². The Balaban J connectivity index is 1.51. The van der Waals surface area contributed by atoms with E-state index in [4.69, 9.17) is 66.3 Å². The third-order valence-corrected chi connectivity index (χ3v) is 12.6. The van der Waals surface area contributed by atoms with Crippen LogP contribution in [0.4, 0.5) is 0 Å². The number of hydrogen-bond acceptors (Lipinski definition) is 14. The maximum Gasteiger partial charge on any atom is 0.126 e. The zero-order valence-electron chi connectivity index (χ0n) is 40.0. The molecule has 0 saturated heterocycles. The molecule has 0 spiro atoms. The fraction of sp³-hybridized carbons (Fsp3) is 0.538. The van der Waals surface area contributed by atoms with Gasteiger partial charge >= 0.3 is 0 Å². The van der Waals surface area contributed by atoms with Gasteiger partial charge in [-0.25, -0.2) is 0 Å². The molecule has 0 radical (unpaired) electrons. The Kier molecular flexibility index (Phi) is 17.9. The van der Waals surface area contributed by atoms with Crippen molar-refractivity contribution in [2.45, 2.75) is 51.4 Å². The summed E-state index contributed by atoms with van der Waals surface area (Å²) in [5, 5.41) is 0. The largest absolute Gasteiger partial charge is 0.496 e. The highest BCUT2D eigenvalue weighted by atomic mass is 16.6. The summed E-state index contributed by atoms with van der Waals surface area (Å²) in [6.07, 6.45) is 0. The Hall–Kier alpha value is -4.96. The smallest absolute Gasteiger partial charge is 0.126 e. The SMILES string of the molecule is COc1cc2c3cc1[C@H](C)c1cc(c(OC)cc1OCCOCCOCCOCCO2)[C@H](C)c1cc2c(OC)cc1OCCOCCOCCOCCOc1cc(OC)c(cc1[C@H]2C)[C@@H]3C. The van der Waals surface area contributed by atoms with Gasteiger partial charge in [0.05, 0.1) is 108 Å². The summed E-state index contributed by atoms with van der Waals surface area (Å²) in [5.41, 5.74) is 7.57. The number of ether oxygens (including phenoxy) is 14. The third-order valence-electron chi connectivity index (χ3n) is 12.6. The van der Waals surface area contributed by atoms with E-state index in [1.54, 1.807) is 28.4 Å². The normalized spacial score (nSPS) is 21.7. The molecule has 0 saturated carbocycles. The highest BCUT2D eigenvalue weighted by molar-refractivity contribution is 5.62. The predicted molar refractivity (Wildman–Crippen MR) is 249 cm³/mol. The minimum absolute atomic E-state index is 0.242. The van der Waals surface area contributed by atoms with Crippen LogP contribution in [0, 0.1) is 0 Å². The van der Waals surface area contributed by atoms with E-state index in [9.17, 15) is 0 Å². The van der Waals surface area contributed by atoms with Crippen LogP contribution in [0.1, 0.15) is 95.9 Å². The first-order valence-corrected chi connectivity index (χ1v) is 23.1. The van der Waals surface area contributed by atoms with Gasteiger partial charge in [0.15, 0.2) is 0 Å². The van der Waals surface area contributed by atoms with Gasteiger partial charge in [-0.05, 0) is 24.3 Å². The monoisotopic (exact) mass is 916 g/mol. The minimum Gasteiger partial charge on any atom is -0.496 e. The van der Waals surface area contributed by atoms with Crippen LogP contribution in [-0.4, -0.2) is 134 Å². The van der Waals surface area contributed by atoms with Crippen LogP contribution in [0.15, 0.2) is 48.5 Å². The lowest BCUT2D eigenvalue weighted by Crippen LogP contribution is -2.17. The van der Waals surface area contributed by atoms with Gasteiger partial charge in [-0.2, -0.15) is 0 Å². The van der Waals surface area contributed by atoms with E-state index >= 15 is 0 Å². The van der Waals surface area contributed by atoms with Crippen molar-refractivity contribution in [3.8, 4) is 46.0 Å². The lowest BCUT2D eigenvalue weighted by atomic mass is 9.80. The maximum atomic E-state index is 6.62. The molecule has 360 valence electrons. The highest BCUT2D eigenvalue weighted by Gasteiger charge is 2.31. The summed E-state index contributed by atoms with van der Waals surface area (Å²) >= 11 is 0. The Labute approximate surface area is 389 Å². The molecular formula is C52H68O14. The second-order valence-electron chi connectivity index (χ2n) is 16.5. The topological polar surface area (TPSA) is 129 Å². The van der Waals surface area contributed by atoms with Gasteiger partial charge in [-0.3, -0.25) is 0 Å². The standard InChI is InChI=1S/C52H68O14/c1-33-37-25-43-36(4)40-28-42-34(2)38-26-44(52(30-46(38)54-6)66-24-20-62-16-12-58-10-14-60-18-22-64-50(42)32-48(40)56-8)35(3)39-27-41(33)49(31-47(39)55-7)63-21-17-59-13-9-57-11-15-61-19-23-65-51(43)29-45(37)53-5/h25-36H,9-24H2,1-8H3/t33-,34-,35-,36-/m0/s1. The molecule has 10 bridgehead atoms. The second kappa shape index (κ2) is 24.2. The van der Waals surface area contributed by atoms with E-state index in [0.29, 0.717) is 152 Å². The fourth-order valence-corrected chi connectivity index (χ4v) is 8.89. The predicted octanol–water partition coefficient (Wildman–Crippen LogP) is 8.28. The van der Waals surface area contributed by atoms with Gasteiger partial charge < -0.3 is 66.3 Å². The lowest BCUT2D eigenvalue weighted by molar-refractivity contribution is 0.00484. The molecule has 14 nitrogen and oxygen atoms in total. The van der Waals surface area contributed by atoms with Gasteiger partial charge in [0.1, 0.15) is 72.4 Å². The molecule has 0 fully saturated rings. The number of fused-ring (bicyclic) bond motifs is 15. The maximum absolute atomic E-state index is 6.62. The van der Waals surface area contributed by atoms with Crippen molar-refractivity contribution in [2.75, 3.05) is 134 Å². The first-order chi connectivity index (χ1) is 32.3.